The summed E-state index contributed by atoms with van der Waals surface area (Å²) in [5, 5.41) is 2.88. The van der Waals surface area contributed by atoms with Crippen molar-refractivity contribution in [2.24, 2.45) is 0 Å². The number of rotatable bonds is 8. The van der Waals surface area contributed by atoms with Gasteiger partial charge < -0.3 is 14.8 Å². The summed E-state index contributed by atoms with van der Waals surface area (Å²) in [4.78, 5) is 12.2. The Balaban J connectivity index is 1.53. The van der Waals surface area contributed by atoms with Crippen molar-refractivity contribution in [2.45, 2.75) is 6.61 Å². The molecule has 3 aromatic carbocycles. The number of para-hydroxylation sites is 1. The van der Waals surface area contributed by atoms with E-state index in [0.717, 1.165) is 22.4 Å². The molecule has 0 saturated heterocycles. The average Bonchev–Trinajstić information content (AvgIpc) is 2.73. The minimum Gasteiger partial charge on any atom is -0.491 e. The van der Waals surface area contributed by atoms with Crippen molar-refractivity contribution in [3.63, 3.8) is 0 Å². The number of ether oxygens (including phenoxy) is 2. The molecule has 0 heterocycles. The fourth-order valence-electron chi connectivity index (χ4n) is 2.80. The maximum atomic E-state index is 12.2. The Hall–Kier alpha value is -3.11. The van der Waals surface area contributed by atoms with Gasteiger partial charge in [0.05, 0.1) is 13.2 Å². The summed E-state index contributed by atoms with van der Waals surface area (Å²) in [6.07, 6.45) is 0. The highest BCUT2D eigenvalue weighted by Crippen LogP contribution is 2.29. The van der Waals surface area contributed by atoms with Gasteiger partial charge in [-0.15, -0.1) is 0 Å². The zero-order valence-electron chi connectivity index (χ0n) is 15.4. The number of hydrogen-bond donors (Lipinski definition) is 1. The maximum absolute atomic E-state index is 12.2. The lowest BCUT2D eigenvalue weighted by Gasteiger charge is -2.12. The Morgan fingerprint density at radius 2 is 1.59 bits per heavy atom. The highest BCUT2D eigenvalue weighted by atomic mass is 16.5. The van der Waals surface area contributed by atoms with Gasteiger partial charge in [-0.2, -0.15) is 0 Å². The van der Waals surface area contributed by atoms with Gasteiger partial charge in [0, 0.05) is 18.2 Å². The Morgan fingerprint density at radius 1 is 0.889 bits per heavy atom. The summed E-state index contributed by atoms with van der Waals surface area (Å²) >= 11 is 0. The van der Waals surface area contributed by atoms with Crippen LogP contribution in [0.4, 0.5) is 0 Å². The van der Waals surface area contributed by atoms with Crippen LogP contribution in [0.5, 0.6) is 5.75 Å². The molecule has 1 N–H and O–H groups in total. The number of carbonyl (C=O) groups is 1. The van der Waals surface area contributed by atoms with E-state index >= 15 is 0 Å². The maximum Gasteiger partial charge on any atom is 0.251 e. The third kappa shape index (κ3) is 5.19. The molecule has 27 heavy (non-hydrogen) atoms. The minimum absolute atomic E-state index is 0.112. The van der Waals surface area contributed by atoms with Gasteiger partial charge in [0.2, 0.25) is 0 Å². The highest BCUT2D eigenvalue weighted by Gasteiger charge is 2.07. The summed E-state index contributed by atoms with van der Waals surface area (Å²) in [7, 11) is 1.65. The molecule has 0 saturated carbocycles. The standard InChI is InChI=1S/C23H23NO3/c1-26-17-18-11-13-20(14-12-18)23(25)24-15-16-27-22-10-6-5-9-21(22)19-7-3-2-4-8-19/h2-14H,15-17H2,1H3,(H,24,25). The fraction of sp³-hybridized carbons (Fsp3) is 0.174. The SMILES string of the molecule is COCc1ccc(C(=O)NCCOc2ccccc2-c2ccccc2)cc1. The van der Waals surface area contributed by atoms with E-state index in [1.54, 1.807) is 19.2 Å². The van der Waals surface area contributed by atoms with Crippen LogP contribution in [0.25, 0.3) is 11.1 Å². The quantitative estimate of drug-likeness (QED) is 0.608. The van der Waals surface area contributed by atoms with Gasteiger partial charge in [0.1, 0.15) is 12.4 Å². The highest BCUT2D eigenvalue weighted by molar-refractivity contribution is 5.94. The van der Waals surface area contributed by atoms with E-state index in [2.05, 4.69) is 17.4 Å². The molecule has 4 nitrogen and oxygen atoms in total. The zero-order valence-corrected chi connectivity index (χ0v) is 15.4. The van der Waals surface area contributed by atoms with E-state index in [1.165, 1.54) is 0 Å². The van der Waals surface area contributed by atoms with Crippen LogP contribution in [0.3, 0.4) is 0 Å². The molecule has 1 amide bonds. The van der Waals surface area contributed by atoms with Crippen molar-refractivity contribution in [2.75, 3.05) is 20.3 Å². The molecule has 3 rings (SSSR count). The van der Waals surface area contributed by atoms with E-state index in [1.807, 2.05) is 54.6 Å². The first-order chi connectivity index (χ1) is 13.3. The summed E-state index contributed by atoms with van der Waals surface area (Å²) in [6.45, 7) is 1.37. The molecule has 3 aromatic rings. The van der Waals surface area contributed by atoms with Crippen LogP contribution in [-0.2, 0) is 11.3 Å². The second kappa shape index (κ2) is 9.55. The Bertz CT molecular complexity index is 860. The van der Waals surface area contributed by atoms with Crippen molar-refractivity contribution in [3.8, 4) is 16.9 Å². The van der Waals surface area contributed by atoms with Crippen LogP contribution in [0.2, 0.25) is 0 Å². The molecule has 0 radical (unpaired) electrons. The average molecular weight is 361 g/mol. The lowest BCUT2D eigenvalue weighted by atomic mass is 10.1. The van der Waals surface area contributed by atoms with Gasteiger partial charge in [0.25, 0.3) is 5.91 Å². The predicted molar refractivity (Wildman–Crippen MR) is 107 cm³/mol. The van der Waals surface area contributed by atoms with Crippen LogP contribution < -0.4 is 10.1 Å². The minimum atomic E-state index is -0.112. The monoisotopic (exact) mass is 361 g/mol. The van der Waals surface area contributed by atoms with Crippen molar-refractivity contribution >= 4 is 5.91 Å². The molecule has 0 atom stereocenters. The third-order valence-corrected chi connectivity index (χ3v) is 4.14. The Morgan fingerprint density at radius 3 is 2.33 bits per heavy atom. The van der Waals surface area contributed by atoms with E-state index in [0.29, 0.717) is 25.3 Å². The van der Waals surface area contributed by atoms with Crippen LogP contribution in [0, 0.1) is 0 Å². The third-order valence-electron chi connectivity index (χ3n) is 4.14. The van der Waals surface area contributed by atoms with E-state index in [-0.39, 0.29) is 5.91 Å². The molecule has 0 aliphatic heterocycles. The normalized spacial score (nSPS) is 10.4. The van der Waals surface area contributed by atoms with Crippen LogP contribution in [0.1, 0.15) is 15.9 Å². The zero-order chi connectivity index (χ0) is 18.9. The second-order valence-corrected chi connectivity index (χ2v) is 6.10. The lowest BCUT2D eigenvalue weighted by Crippen LogP contribution is -2.28. The molecule has 0 aliphatic rings. The molecule has 0 aliphatic carbocycles. The van der Waals surface area contributed by atoms with Crippen LogP contribution >= 0.6 is 0 Å². The van der Waals surface area contributed by atoms with E-state index in [4.69, 9.17) is 9.47 Å². The first-order valence-electron chi connectivity index (χ1n) is 8.91. The van der Waals surface area contributed by atoms with Gasteiger partial charge in [0.15, 0.2) is 0 Å². The molecule has 0 unspecified atom stereocenters. The van der Waals surface area contributed by atoms with Crippen LogP contribution in [-0.4, -0.2) is 26.2 Å². The van der Waals surface area contributed by atoms with Crippen molar-refractivity contribution in [1.82, 2.24) is 5.32 Å². The number of benzene rings is 3. The Labute approximate surface area is 159 Å². The van der Waals surface area contributed by atoms with Gasteiger partial charge >= 0.3 is 0 Å². The first kappa shape index (κ1) is 18.7. The molecule has 0 bridgehead atoms. The van der Waals surface area contributed by atoms with Gasteiger partial charge in [-0.3, -0.25) is 4.79 Å². The smallest absolute Gasteiger partial charge is 0.251 e. The first-order valence-corrected chi connectivity index (χ1v) is 8.91. The lowest BCUT2D eigenvalue weighted by molar-refractivity contribution is 0.0947. The number of carbonyl (C=O) groups excluding carboxylic acids is 1. The van der Waals surface area contributed by atoms with E-state index < -0.39 is 0 Å². The summed E-state index contributed by atoms with van der Waals surface area (Å²) < 4.78 is 11.0. The summed E-state index contributed by atoms with van der Waals surface area (Å²) in [6, 6.07) is 25.4. The number of nitrogens with one attached hydrogen (secondary N) is 1. The fourth-order valence-corrected chi connectivity index (χ4v) is 2.80. The van der Waals surface area contributed by atoms with Gasteiger partial charge in [-0.1, -0.05) is 60.7 Å². The van der Waals surface area contributed by atoms with Crippen molar-refractivity contribution in [3.05, 3.63) is 90.0 Å². The largest absolute Gasteiger partial charge is 0.491 e. The summed E-state index contributed by atoms with van der Waals surface area (Å²) in [5.41, 5.74) is 3.81. The molecule has 0 aromatic heterocycles. The molecule has 0 fully saturated rings. The van der Waals surface area contributed by atoms with Crippen molar-refractivity contribution in [1.29, 1.82) is 0 Å². The summed E-state index contributed by atoms with van der Waals surface area (Å²) in [5.74, 6) is 0.695. The van der Waals surface area contributed by atoms with E-state index in [9.17, 15) is 4.79 Å². The van der Waals surface area contributed by atoms with Crippen LogP contribution in [0.15, 0.2) is 78.9 Å². The predicted octanol–water partition coefficient (Wildman–Crippen LogP) is 4.31. The number of methoxy groups -OCH3 is 1. The van der Waals surface area contributed by atoms with Crippen molar-refractivity contribution < 1.29 is 14.3 Å². The van der Waals surface area contributed by atoms with Gasteiger partial charge in [-0.25, -0.2) is 0 Å². The molecule has 4 heteroatoms. The van der Waals surface area contributed by atoms with Gasteiger partial charge in [-0.05, 0) is 29.3 Å². The number of amides is 1. The molecular weight excluding hydrogens is 338 g/mol. The Kier molecular flexibility index (Phi) is 6.61. The molecule has 138 valence electrons. The second-order valence-electron chi connectivity index (χ2n) is 6.10. The number of hydrogen-bond acceptors (Lipinski definition) is 3. The molecular formula is C23H23NO3. The topological polar surface area (TPSA) is 47.6 Å². The molecule has 0 spiro atoms.